The summed E-state index contributed by atoms with van der Waals surface area (Å²) in [7, 11) is 0. The van der Waals surface area contributed by atoms with Crippen LogP contribution in [0.3, 0.4) is 0 Å². The van der Waals surface area contributed by atoms with Gasteiger partial charge in [-0.2, -0.15) is 0 Å². The van der Waals surface area contributed by atoms with Gasteiger partial charge < -0.3 is 4.74 Å². The molecule has 0 N–H and O–H groups in total. The Balaban J connectivity index is 1.59. The highest BCUT2D eigenvalue weighted by Crippen LogP contribution is 2.67. The van der Waals surface area contributed by atoms with Crippen LogP contribution in [0, 0.1) is 28.6 Å². The molecular formula is C21H26O3. The second-order valence-corrected chi connectivity index (χ2v) is 8.94. The molecule has 0 radical (unpaired) electrons. The zero-order valence-corrected chi connectivity index (χ0v) is 14.6. The van der Waals surface area contributed by atoms with E-state index in [2.05, 4.69) is 19.9 Å². The van der Waals surface area contributed by atoms with Crippen molar-refractivity contribution >= 4 is 11.8 Å². The van der Waals surface area contributed by atoms with E-state index in [1.165, 1.54) is 11.1 Å². The van der Waals surface area contributed by atoms with Crippen molar-refractivity contribution in [1.29, 1.82) is 0 Å². The van der Waals surface area contributed by atoms with Gasteiger partial charge >= 0.3 is 5.97 Å². The van der Waals surface area contributed by atoms with Gasteiger partial charge in [-0.25, -0.2) is 0 Å². The molecule has 3 fully saturated rings. The number of carbonyl (C=O) groups is 2. The molecular weight excluding hydrogens is 300 g/mol. The van der Waals surface area contributed by atoms with Gasteiger partial charge in [0.25, 0.3) is 0 Å². The van der Waals surface area contributed by atoms with E-state index >= 15 is 0 Å². The highest BCUT2D eigenvalue weighted by atomic mass is 16.6. The SMILES string of the molecule is CC1OC(=O)C23CCC4C(=CCC5=CC(=O)CCC54C)C2CCC13. The van der Waals surface area contributed by atoms with Gasteiger partial charge in [0.05, 0.1) is 5.41 Å². The average Bonchev–Trinajstić information content (AvgIpc) is 3.05. The second-order valence-electron chi connectivity index (χ2n) is 8.94. The molecule has 4 aliphatic carbocycles. The fraction of sp³-hybridized carbons (Fsp3) is 0.714. The van der Waals surface area contributed by atoms with Crippen molar-refractivity contribution in [2.24, 2.45) is 28.6 Å². The number of rotatable bonds is 0. The Morgan fingerprint density at radius 1 is 1.12 bits per heavy atom. The number of hydrogen-bond acceptors (Lipinski definition) is 3. The van der Waals surface area contributed by atoms with Gasteiger partial charge in [-0.15, -0.1) is 0 Å². The van der Waals surface area contributed by atoms with E-state index in [0.29, 0.717) is 30.0 Å². The summed E-state index contributed by atoms with van der Waals surface area (Å²) >= 11 is 0. The molecule has 6 atom stereocenters. The van der Waals surface area contributed by atoms with Gasteiger partial charge in [0, 0.05) is 12.3 Å². The maximum Gasteiger partial charge on any atom is 0.313 e. The van der Waals surface area contributed by atoms with Crippen molar-refractivity contribution in [2.75, 3.05) is 0 Å². The first-order valence-corrected chi connectivity index (χ1v) is 9.62. The summed E-state index contributed by atoms with van der Waals surface area (Å²) in [6.45, 7) is 4.44. The summed E-state index contributed by atoms with van der Waals surface area (Å²) < 4.78 is 5.69. The van der Waals surface area contributed by atoms with Crippen LogP contribution in [0.5, 0.6) is 0 Å². The number of fused-ring (bicyclic) bond motifs is 4. The zero-order chi connectivity index (χ0) is 16.7. The largest absolute Gasteiger partial charge is 0.462 e. The maximum atomic E-state index is 12.8. The molecule has 0 aromatic carbocycles. The Morgan fingerprint density at radius 2 is 1.96 bits per heavy atom. The normalized spacial score (nSPS) is 49.4. The van der Waals surface area contributed by atoms with Crippen LogP contribution in [-0.2, 0) is 14.3 Å². The molecule has 6 unspecified atom stereocenters. The monoisotopic (exact) mass is 326 g/mol. The Bertz CT molecular complexity index is 702. The highest BCUT2D eigenvalue weighted by Gasteiger charge is 2.67. The molecule has 0 bridgehead atoms. The van der Waals surface area contributed by atoms with Crippen LogP contribution in [0.25, 0.3) is 0 Å². The van der Waals surface area contributed by atoms with Crippen molar-refractivity contribution in [3.63, 3.8) is 0 Å². The van der Waals surface area contributed by atoms with Crippen molar-refractivity contribution in [2.45, 2.75) is 64.9 Å². The molecule has 5 aliphatic rings. The summed E-state index contributed by atoms with van der Waals surface area (Å²) in [6, 6.07) is 0. The quantitative estimate of drug-likeness (QED) is 0.499. The number of ketones is 1. The minimum atomic E-state index is -0.232. The third-order valence-electron chi connectivity index (χ3n) is 8.23. The minimum absolute atomic E-state index is 0.0761. The topological polar surface area (TPSA) is 43.4 Å². The van der Waals surface area contributed by atoms with Crippen LogP contribution < -0.4 is 0 Å². The van der Waals surface area contributed by atoms with Crippen LogP contribution >= 0.6 is 0 Å². The number of allylic oxidation sites excluding steroid dienone is 4. The van der Waals surface area contributed by atoms with Crippen molar-refractivity contribution in [1.82, 2.24) is 0 Å². The lowest BCUT2D eigenvalue weighted by molar-refractivity contribution is -0.151. The number of cyclic esters (lactones) is 1. The lowest BCUT2D eigenvalue weighted by atomic mass is 9.50. The molecule has 5 rings (SSSR count). The third-order valence-corrected chi connectivity index (χ3v) is 8.23. The van der Waals surface area contributed by atoms with Gasteiger partial charge in [-0.05, 0) is 68.8 Å². The maximum absolute atomic E-state index is 12.8. The predicted octanol–water partition coefficient (Wildman–Crippen LogP) is 3.98. The van der Waals surface area contributed by atoms with Crippen LogP contribution in [0.15, 0.2) is 23.3 Å². The number of hydrogen-bond donors (Lipinski definition) is 0. The summed E-state index contributed by atoms with van der Waals surface area (Å²) in [5.41, 5.74) is 2.76. The Hall–Kier alpha value is -1.38. The van der Waals surface area contributed by atoms with Crippen LogP contribution in [0.2, 0.25) is 0 Å². The number of carbonyl (C=O) groups excluding carboxylic acids is 2. The molecule has 0 amide bonds. The summed E-state index contributed by atoms with van der Waals surface area (Å²) in [6.07, 6.45) is 11.3. The molecule has 1 saturated heterocycles. The Labute approximate surface area is 143 Å². The van der Waals surface area contributed by atoms with Gasteiger partial charge in [-0.3, -0.25) is 9.59 Å². The smallest absolute Gasteiger partial charge is 0.313 e. The summed E-state index contributed by atoms with van der Waals surface area (Å²) in [5.74, 6) is 1.68. The molecule has 3 heteroatoms. The standard InChI is InChI=1S/C21H26O3/c1-12-16-5-6-18-15-4-3-13-11-14(22)7-9-20(13,2)17(15)8-10-21(16,18)19(23)24-12/h4,11-12,16-18H,3,5-10H2,1-2H3. The summed E-state index contributed by atoms with van der Waals surface area (Å²) in [5, 5.41) is 0. The van der Waals surface area contributed by atoms with E-state index in [1.807, 2.05) is 6.08 Å². The molecule has 3 nitrogen and oxygen atoms in total. The van der Waals surface area contributed by atoms with Crippen LogP contribution in [0.4, 0.5) is 0 Å². The molecule has 128 valence electrons. The zero-order valence-electron chi connectivity index (χ0n) is 14.6. The molecule has 1 spiro atoms. The lowest BCUT2D eigenvalue weighted by Crippen LogP contribution is -2.48. The minimum Gasteiger partial charge on any atom is -0.462 e. The van der Waals surface area contributed by atoms with Crippen molar-refractivity contribution in [3.8, 4) is 0 Å². The van der Waals surface area contributed by atoms with E-state index in [4.69, 9.17) is 4.74 Å². The van der Waals surface area contributed by atoms with Crippen LogP contribution in [0.1, 0.15) is 58.8 Å². The Kier molecular flexibility index (Phi) is 2.87. The van der Waals surface area contributed by atoms with Gasteiger partial charge in [0.15, 0.2) is 5.78 Å². The molecule has 0 aromatic heterocycles. The Morgan fingerprint density at radius 3 is 2.79 bits per heavy atom. The van der Waals surface area contributed by atoms with Gasteiger partial charge in [0.2, 0.25) is 0 Å². The van der Waals surface area contributed by atoms with E-state index < -0.39 is 0 Å². The first-order chi connectivity index (χ1) is 11.5. The van der Waals surface area contributed by atoms with Gasteiger partial charge in [-0.1, -0.05) is 24.1 Å². The van der Waals surface area contributed by atoms with E-state index in [1.54, 1.807) is 0 Å². The summed E-state index contributed by atoms with van der Waals surface area (Å²) in [4.78, 5) is 24.7. The second kappa shape index (κ2) is 4.62. The third kappa shape index (κ3) is 1.59. The fourth-order valence-electron chi connectivity index (χ4n) is 7.01. The molecule has 2 saturated carbocycles. The predicted molar refractivity (Wildman–Crippen MR) is 90.1 cm³/mol. The first kappa shape index (κ1) is 14.9. The van der Waals surface area contributed by atoms with Gasteiger partial charge in [0.1, 0.15) is 6.10 Å². The lowest BCUT2D eigenvalue weighted by Gasteiger charge is -2.53. The molecule has 1 aliphatic heterocycles. The number of ether oxygens (including phenoxy) is 1. The molecule has 0 aromatic rings. The first-order valence-electron chi connectivity index (χ1n) is 9.62. The van der Waals surface area contributed by atoms with E-state index in [-0.39, 0.29) is 22.9 Å². The van der Waals surface area contributed by atoms with Crippen molar-refractivity contribution < 1.29 is 14.3 Å². The fourth-order valence-corrected chi connectivity index (χ4v) is 7.01. The van der Waals surface area contributed by atoms with Crippen LogP contribution in [-0.4, -0.2) is 17.9 Å². The molecule has 1 heterocycles. The van der Waals surface area contributed by atoms with E-state index in [9.17, 15) is 9.59 Å². The number of esters is 1. The van der Waals surface area contributed by atoms with Crippen molar-refractivity contribution in [3.05, 3.63) is 23.3 Å². The molecule has 24 heavy (non-hydrogen) atoms. The van der Waals surface area contributed by atoms with E-state index in [0.717, 1.165) is 38.5 Å². The average molecular weight is 326 g/mol. The highest BCUT2D eigenvalue weighted by molar-refractivity contribution is 5.92.